The predicted octanol–water partition coefficient (Wildman–Crippen LogP) is 4.70. The van der Waals surface area contributed by atoms with Gasteiger partial charge in [0.15, 0.2) is 0 Å². The summed E-state index contributed by atoms with van der Waals surface area (Å²) in [5.74, 6) is 1.11. The number of thioether (sulfide) groups is 1. The SMILES string of the molecule is CCCCCc1ccc(C(=O)N2CCSC2c2ccncc2)cc1. The molecule has 1 aliphatic rings. The van der Waals surface area contributed by atoms with Gasteiger partial charge in [-0.1, -0.05) is 31.9 Å². The van der Waals surface area contributed by atoms with Gasteiger partial charge in [0.25, 0.3) is 5.91 Å². The Labute approximate surface area is 148 Å². The van der Waals surface area contributed by atoms with Crippen molar-refractivity contribution in [3.63, 3.8) is 0 Å². The quantitative estimate of drug-likeness (QED) is 0.715. The molecule has 4 heteroatoms. The molecule has 24 heavy (non-hydrogen) atoms. The van der Waals surface area contributed by atoms with Crippen LogP contribution < -0.4 is 0 Å². The maximum absolute atomic E-state index is 12.9. The lowest BCUT2D eigenvalue weighted by molar-refractivity contribution is 0.0760. The number of hydrogen-bond donors (Lipinski definition) is 0. The molecule has 1 aliphatic heterocycles. The van der Waals surface area contributed by atoms with Gasteiger partial charge in [-0.25, -0.2) is 0 Å². The number of amides is 1. The van der Waals surface area contributed by atoms with Gasteiger partial charge in [-0.2, -0.15) is 0 Å². The summed E-state index contributed by atoms with van der Waals surface area (Å²) in [6.45, 7) is 3.02. The lowest BCUT2D eigenvalue weighted by Gasteiger charge is -2.24. The summed E-state index contributed by atoms with van der Waals surface area (Å²) in [6.07, 6.45) is 8.40. The van der Waals surface area contributed by atoms with Gasteiger partial charge >= 0.3 is 0 Å². The second-order valence-corrected chi connectivity index (χ2v) is 7.34. The van der Waals surface area contributed by atoms with Crippen molar-refractivity contribution in [3.8, 4) is 0 Å². The van der Waals surface area contributed by atoms with E-state index < -0.39 is 0 Å². The molecule has 0 bridgehead atoms. The maximum atomic E-state index is 12.9. The first-order valence-electron chi connectivity index (χ1n) is 8.71. The standard InChI is InChI=1S/C20H24N2OS/c1-2-3-4-5-16-6-8-17(9-7-16)19(23)22-14-15-24-20(22)18-10-12-21-13-11-18/h6-13,20H,2-5,14-15H2,1H3. The third-order valence-electron chi connectivity index (χ3n) is 4.41. The third-order valence-corrected chi connectivity index (χ3v) is 5.67. The van der Waals surface area contributed by atoms with Crippen LogP contribution in [0.25, 0.3) is 0 Å². The molecule has 1 fully saturated rings. The van der Waals surface area contributed by atoms with Gasteiger partial charge in [0, 0.05) is 30.3 Å². The Bertz CT molecular complexity index is 657. The largest absolute Gasteiger partial charge is 0.322 e. The van der Waals surface area contributed by atoms with Crippen molar-refractivity contribution < 1.29 is 4.79 Å². The minimum Gasteiger partial charge on any atom is -0.322 e. The van der Waals surface area contributed by atoms with Gasteiger partial charge < -0.3 is 4.90 Å². The van der Waals surface area contributed by atoms with Crippen LogP contribution in [0.5, 0.6) is 0 Å². The van der Waals surface area contributed by atoms with Crippen LogP contribution in [0, 0.1) is 0 Å². The monoisotopic (exact) mass is 340 g/mol. The first kappa shape index (κ1) is 17.0. The average Bonchev–Trinajstić information content (AvgIpc) is 3.12. The lowest BCUT2D eigenvalue weighted by atomic mass is 10.0. The van der Waals surface area contributed by atoms with Crippen molar-refractivity contribution in [1.82, 2.24) is 9.88 Å². The van der Waals surface area contributed by atoms with Crippen LogP contribution in [0.3, 0.4) is 0 Å². The maximum Gasteiger partial charge on any atom is 0.255 e. The van der Waals surface area contributed by atoms with Crippen LogP contribution >= 0.6 is 11.8 Å². The number of carbonyl (C=O) groups is 1. The number of aromatic nitrogens is 1. The minimum atomic E-state index is 0.102. The van der Waals surface area contributed by atoms with E-state index in [-0.39, 0.29) is 11.3 Å². The Morgan fingerprint density at radius 2 is 1.92 bits per heavy atom. The number of aryl methyl sites for hydroxylation is 1. The summed E-state index contributed by atoms with van der Waals surface area (Å²) in [4.78, 5) is 18.9. The second kappa shape index (κ2) is 8.34. The van der Waals surface area contributed by atoms with Crippen molar-refractivity contribution >= 4 is 17.7 Å². The van der Waals surface area contributed by atoms with Crippen LogP contribution in [0.2, 0.25) is 0 Å². The van der Waals surface area contributed by atoms with Crippen LogP contribution in [0.1, 0.15) is 53.0 Å². The van der Waals surface area contributed by atoms with Crippen molar-refractivity contribution in [1.29, 1.82) is 0 Å². The van der Waals surface area contributed by atoms with E-state index in [1.54, 1.807) is 12.4 Å². The second-order valence-electron chi connectivity index (χ2n) is 6.16. The van der Waals surface area contributed by atoms with Gasteiger partial charge in [-0.15, -0.1) is 11.8 Å². The summed E-state index contributed by atoms with van der Waals surface area (Å²) < 4.78 is 0. The summed E-state index contributed by atoms with van der Waals surface area (Å²) in [5.41, 5.74) is 3.26. The van der Waals surface area contributed by atoms with E-state index in [4.69, 9.17) is 0 Å². The lowest BCUT2D eigenvalue weighted by Crippen LogP contribution is -2.30. The molecule has 2 heterocycles. The molecule has 0 spiro atoms. The fourth-order valence-electron chi connectivity index (χ4n) is 3.04. The zero-order chi connectivity index (χ0) is 16.8. The highest BCUT2D eigenvalue weighted by atomic mass is 32.2. The van der Waals surface area contributed by atoms with Crippen molar-refractivity contribution in [3.05, 3.63) is 65.5 Å². The Morgan fingerprint density at radius 1 is 1.17 bits per heavy atom. The van der Waals surface area contributed by atoms with Crippen molar-refractivity contribution in [2.24, 2.45) is 0 Å². The highest BCUT2D eigenvalue weighted by Gasteiger charge is 2.31. The first-order chi connectivity index (χ1) is 11.8. The molecule has 1 unspecified atom stereocenters. The van der Waals surface area contributed by atoms with Crippen LogP contribution in [0.4, 0.5) is 0 Å². The summed E-state index contributed by atoms with van der Waals surface area (Å²) in [7, 11) is 0. The Hall–Kier alpha value is -1.81. The van der Waals surface area contributed by atoms with Crippen LogP contribution in [-0.2, 0) is 6.42 Å². The molecule has 0 saturated carbocycles. The fraction of sp³-hybridized carbons (Fsp3) is 0.400. The Balaban J connectivity index is 1.69. The molecule has 1 saturated heterocycles. The molecule has 1 atom stereocenters. The van der Waals surface area contributed by atoms with Crippen LogP contribution in [0.15, 0.2) is 48.8 Å². The number of hydrogen-bond acceptors (Lipinski definition) is 3. The van der Waals surface area contributed by atoms with Gasteiger partial charge in [-0.05, 0) is 48.2 Å². The zero-order valence-corrected chi connectivity index (χ0v) is 15.0. The molecule has 1 amide bonds. The normalized spacial score (nSPS) is 17.2. The number of rotatable bonds is 6. The zero-order valence-electron chi connectivity index (χ0n) is 14.1. The molecular formula is C20H24N2OS. The highest BCUT2D eigenvalue weighted by Crippen LogP contribution is 2.38. The first-order valence-corrected chi connectivity index (χ1v) is 9.76. The van der Waals surface area contributed by atoms with Crippen molar-refractivity contribution in [2.45, 2.75) is 38.0 Å². The molecule has 126 valence electrons. The molecule has 3 nitrogen and oxygen atoms in total. The molecule has 0 radical (unpaired) electrons. The smallest absolute Gasteiger partial charge is 0.255 e. The number of carbonyl (C=O) groups excluding carboxylic acids is 1. The summed E-state index contributed by atoms with van der Waals surface area (Å²) in [5, 5.41) is 0.102. The number of benzene rings is 1. The summed E-state index contributed by atoms with van der Waals surface area (Å²) >= 11 is 1.82. The average molecular weight is 340 g/mol. The molecule has 1 aromatic carbocycles. The highest BCUT2D eigenvalue weighted by molar-refractivity contribution is 7.99. The van der Waals surface area contributed by atoms with E-state index in [0.717, 1.165) is 29.8 Å². The van der Waals surface area contributed by atoms with Gasteiger partial charge in [0.1, 0.15) is 5.37 Å². The Kier molecular flexibility index (Phi) is 5.91. The Morgan fingerprint density at radius 3 is 2.62 bits per heavy atom. The number of pyridine rings is 1. The number of nitrogens with zero attached hydrogens (tertiary/aromatic N) is 2. The van der Waals surface area contributed by atoms with E-state index >= 15 is 0 Å². The topological polar surface area (TPSA) is 33.2 Å². The van der Waals surface area contributed by atoms with E-state index in [1.165, 1.54) is 24.8 Å². The molecule has 2 aromatic rings. The van der Waals surface area contributed by atoms with Gasteiger partial charge in [0.2, 0.25) is 0 Å². The molecular weight excluding hydrogens is 316 g/mol. The van der Waals surface area contributed by atoms with E-state index in [2.05, 4.69) is 24.0 Å². The number of unbranched alkanes of at least 4 members (excludes halogenated alkanes) is 2. The van der Waals surface area contributed by atoms with E-state index in [9.17, 15) is 4.79 Å². The fourth-order valence-corrected chi connectivity index (χ4v) is 4.30. The van der Waals surface area contributed by atoms with E-state index in [1.807, 2.05) is 40.9 Å². The van der Waals surface area contributed by atoms with E-state index in [0.29, 0.717) is 0 Å². The van der Waals surface area contributed by atoms with Crippen LogP contribution in [-0.4, -0.2) is 28.1 Å². The molecule has 0 N–H and O–H groups in total. The molecule has 3 rings (SSSR count). The predicted molar refractivity (Wildman–Crippen MR) is 100 cm³/mol. The van der Waals surface area contributed by atoms with Gasteiger partial charge in [0.05, 0.1) is 0 Å². The minimum absolute atomic E-state index is 0.102. The molecule has 0 aliphatic carbocycles. The third kappa shape index (κ3) is 3.99. The van der Waals surface area contributed by atoms with Gasteiger partial charge in [-0.3, -0.25) is 9.78 Å². The van der Waals surface area contributed by atoms with Crippen molar-refractivity contribution in [2.75, 3.05) is 12.3 Å². The molecule has 1 aromatic heterocycles. The summed E-state index contributed by atoms with van der Waals surface area (Å²) in [6, 6.07) is 12.2.